The highest BCUT2D eigenvalue weighted by Crippen LogP contribution is 2.21. The number of aromatic hydroxyl groups is 3. The van der Waals surface area contributed by atoms with Gasteiger partial charge in [-0.1, -0.05) is 74.9 Å². The molecule has 0 aliphatic heterocycles. The molecule has 9 atom stereocenters. The third-order valence-corrected chi connectivity index (χ3v) is 14.7. The Morgan fingerprint density at radius 1 is 0.421 bits per heavy atom. The molecule has 0 unspecified atom stereocenters. The molecule has 5 rings (SSSR count). The standard InChI is InChI=1S/C62H74N12O21/c1-3-31(2)54(61(93)72-46(26-53(85)86)59(91)73-47(62(94)95)22-34-12-18-38(77)19-13-34)74-60(92)42(21-33-10-16-37(76)17-11-33)69-58(90)45(25-52(83)84)71-57(89)43(23-35-28-64-40-7-5-4-6-39(35)40)68-50(80)30-66-55(87)44(24-51(81)82)70-56(88)41(20-32-8-14-36(75)15-9-32)67-49(79)29-65-48(78)27-63/h4-19,28,31,41-47,54,64,75-77H,3,20-27,29-30,63H2,1-2H3,(H,65,78)(H,66,87)(H,67,79)(H,68,80)(H,69,90)(H,70,88)(H,71,89)(H,72,93)(H,73,91)(H,74,92)(H,81,82)(H,83,84)(H,85,86)(H,94,95)/t31-,41-,42-,43-,44-,45-,46-,47-,54-/m0/s1. The Kier molecular flexibility index (Phi) is 27.9. The summed E-state index contributed by atoms with van der Waals surface area (Å²) >= 11 is 0. The van der Waals surface area contributed by atoms with Crippen LogP contribution in [-0.2, 0) is 92.8 Å². The highest BCUT2D eigenvalue weighted by molar-refractivity contribution is 6.00. The van der Waals surface area contributed by atoms with Gasteiger partial charge in [-0.2, -0.15) is 0 Å². The second-order valence-corrected chi connectivity index (χ2v) is 21.9. The first-order valence-corrected chi connectivity index (χ1v) is 29.4. The van der Waals surface area contributed by atoms with Crippen molar-refractivity contribution in [2.45, 2.75) is 114 Å². The molecule has 0 saturated heterocycles. The van der Waals surface area contributed by atoms with E-state index in [0.29, 0.717) is 27.6 Å². The molecule has 33 heteroatoms. The molecule has 0 aliphatic rings. The smallest absolute Gasteiger partial charge is 0.326 e. The number of carboxylic acids is 4. The number of amides is 10. The van der Waals surface area contributed by atoms with Crippen molar-refractivity contribution < 1.29 is 103 Å². The molecule has 10 amide bonds. The fraction of sp³-hybridized carbons (Fsp3) is 0.355. The highest BCUT2D eigenvalue weighted by Gasteiger charge is 2.37. The summed E-state index contributed by atoms with van der Waals surface area (Å²) in [6, 6.07) is 8.33. The number of rotatable bonds is 37. The summed E-state index contributed by atoms with van der Waals surface area (Å²) in [5, 5.41) is 92.7. The summed E-state index contributed by atoms with van der Waals surface area (Å²) in [5.74, 6) is -18.8. The topological polar surface area (TPSA) is 543 Å². The molecule has 33 nitrogen and oxygen atoms in total. The monoisotopic (exact) mass is 1320 g/mol. The molecule has 0 aliphatic carbocycles. The first-order valence-electron chi connectivity index (χ1n) is 29.4. The van der Waals surface area contributed by atoms with Gasteiger partial charge < -0.3 is 99.6 Å². The van der Waals surface area contributed by atoms with E-state index in [1.54, 1.807) is 31.2 Å². The number of carboxylic acid groups (broad SMARTS) is 4. The number of nitrogens with one attached hydrogen (secondary N) is 11. The molecule has 4 aromatic carbocycles. The fourth-order valence-electron chi connectivity index (χ4n) is 9.44. The summed E-state index contributed by atoms with van der Waals surface area (Å²) < 4.78 is 0. The van der Waals surface area contributed by atoms with E-state index < -0.39 is 189 Å². The lowest BCUT2D eigenvalue weighted by Crippen LogP contribution is -2.61. The summed E-state index contributed by atoms with van der Waals surface area (Å²) in [5.41, 5.74) is 7.23. The van der Waals surface area contributed by atoms with Crippen molar-refractivity contribution in [1.82, 2.24) is 58.2 Å². The number of benzene rings is 4. The predicted octanol–water partition coefficient (Wildman–Crippen LogP) is -2.82. The minimum Gasteiger partial charge on any atom is -0.508 e. The Morgan fingerprint density at radius 2 is 0.789 bits per heavy atom. The number of aromatic amines is 1. The molecular formula is C62H74N12O21. The number of para-hydroxylation sites is 1. The van der Waals surface area contributed by atoms with Gasteiger partial charge in [0.1, 0.15) is 65.6 Å². The number of aliphatic carboxylic acids is 4. The minimum atomic E-state index is -2.07. The van der Waals surface area contributed by atoms with Gasteiger partial charge in [0.2, 0.25) is 59.1 Å². The Morgan fingerprint density at radius 3 is 1.23 bits per heavy atom. The van der Waals surface area contributed by atoms with Gasteiger partial charge in [0.25, 0.3) is 0 Å². The quantitative estimate of drug-likeness (QED) is 0.0191. The maximum Gasteiger partial charge on any atom is 0.326 e. The van der Waals surface area contributed by atoms with Crippen LogP contribution in [0.15, 0.2) is 103 Å². The Balaban J connectivity index is 1.38. The van der Waals surface area contributed by atoms with E-state index in [9.17, 15) is 103 Å². The number of phenols is 3. The van der Waals surface area contributed by atoms with Crippen molar-refractivity contribution in [1.29, 1.82) is 0 Å². The molecule has 20 N–H and O–H groups in total. The zero-order valence-electron chi connectivity index (χ0n) is 51.2. The molecule has 0 fully saturated rings. The van der Waals surface area contributed by atoms with Crippen LogP contribution in [-0.4, -0.2) is 192 Å². The summed E-state index contributed by atoms with van der Waals surface area (Å²) in [7, 11) is 0. The van der Waals surface area contributed by atoms with Crippen molar-refractivity contribution in [3.05, 3.63) is 126 Å². The zero-order valence-corrected chi connectivity index (χ0v) is 51.2. The van der Waals surface area contributed by atoms with Gasteiger partial charge in [-0.15, -0.1) is 0 Å². The maximum absolute atomic E-state index is 14.6. The SMILES string of the molecule is CC[C@H](C)[C@H](NC(=O)[C@H](Cc1ccc(O)cc1)NC(=O)[C@H](CC(=O)O)NC(=O)[C@H](Cc1c[nH]c2ccccc12)NC(=O)CNC(=O)[C@H](CC(=O)O)NC(=O)[C@H](Cc1ccc(O)cc1)NC(=O)CNC(=O)CN)C(=O)N[C@@H](CC(=O)O)C(=O)N[C@@H](Cc1ccc(O)cc1)C(=O)O. The second kappa shape index (κ2) is 35.8. The largest absolute Gasteiger partial charge is 0.508 e. The van der Waals surface area contributed by atoms with Gasteiger partial charge in [0.15, 0.2) is 0 Å². The van der Waals surface area contributed by atoms with Gasteiger partial charge in [0.05, 0.1) is 38.9 Å². The Labute approximate surface area is 540 Å². The number of aromatic nitrogens is 1. The van der Waals surface area contributed by atoms with Crippen molar-refractivity contribution in [3.63, 3.8) is 0 Å². The van der Waals surface area contributed by atoms with Crippen LogP contribution in [0.1, 0.15) is 61.8 Å². The van der Waals surface area contributed by atoms with E-state index in [-0.39, 0.29) is 42.1 Å². The average Bonchev–Trinajstić information content (AvgIpc) is 1.78. The molecular weight excluding hydrogens is 1250 g/mol. The number of nitrogens with two attached hydrogens (primary N) is 1. The lowest BCUT2D eigenvalue weighted by atomic mass is 9.96. The number of hydrogen-bond acceptors (Lipinski definition) is 18. The number of H-pyrrole nitrogens is 1. The second-order valence-electron chi connectivity index (χ2n) is 21.9. The van der Waals surface area contributed by atoms with E-state index in [4.69, 9.17) is 5.73 Å². The number of fused-ring (bicyclic) bond motifs is 1. The van der Waals surface area contributed by atoms with Gasteiger partial charge in [0, 0.05) is 42.8 Å². The van der Waals surface area contributed by atoms with Crippen LogP contribution < -0.4 is 58.9 Å². The van der Waals surface area contributed by atoms with Crippen molar-refractivity contribution in [2.75, 3.05) is 19.6 Å². The summed E-state index contributed by atoms with van der Waals surface area (Å²) in [4.78, 5) is 189. The number of carbonyl (C=O) groups is 14. The first-order chi connectivity index (χ1) is 45.0. The van der Waals surface area contributed by atoms with Crippen LogP contribution in [0.4, 0.5) is 0 Å². The number of carbonyl (C=O) groups excluding carboxylic acids is 10. The zero-order chi connectivity index (χ0) is 70.1. The lowest BCUT2D eigenvalue weighted by molar-refractivity contribution is -0.144. The fourth-order valence-corrected chi connectivity index (χ4v) is 9.44. The van der Waals surface area contributed by atoms with Crippen LogP contribution in [0, 0.1) is 5.92 Å². The maximum atomic E-state index is 14.6. The lowest BCUT2D eigenvalue weighted by Gasteiger charge is -2.29. The average molecular weight is 1320 g/mol. The summed E-state index contributed by atoms with van der Waals surface area (Å²) in [6.07, 6.45) is -3.14. The molecule has 5 aromatic rings. The van der Waals surface area contributed by atoms with E-state index in [2.05, 4.69) is 58.2 Å². The van der Waals surface area contributed by atoms with Crippen LogP contribution >= 0.6 is 0 Å². The van der Waals surface area contributed by atoms with E-state index in [1.807, 2.05) is 0 Å². The molecule has 1 heterocycles. The van der Waals surface area contributed by atoms with Gasteiger partial charge in [-0.3, -0.25) is 62.3 Å². The normalized spacial score (nSPS) is 13.8. The van der Waals surface area contributed by atoms with Gasteiger partial charge >= 0.3 is 23.9 Å². The molecule has 0 spiro atoms. The molecule has 1 aromatic heterocycles. The summed E-state index contributed by atoms with van der Waals surface area (Å²) in [6.45, 7) is 0.991. The highest BCUT2D eigenvalue weighted by atomic mass is 16.4. The van der Waals surface area contributed by atoms with Crippen LogP contribution in [0.5, 0.6) is 17.2 Å². The molecule has 0 saturated carbocycles. The Hall–Kier alpha value is -11.6. The van der Waals surface area contributed by atoms with E-state index in [0.717, 1.165) is 0 Å². The van der Waals surface area contributed by atoms with Crippen LogP contribution in [0.2, 0.25) is 0 Å². The number of phenolic OH excluding ortho intramolecular Hbond substituents is 3. The molecule has 95 heavy (non-hydrogen) atoms. The van der Waals surface area contributed by atoms with Crippen molar-refractivity contribution >= 4 is 93.9 Å². The van der Waals surface area contributed by atoms with Gasteiger partial charge in [-0.25, -0.2) is 4.79 Å². The molecule has 0 bridgehead atoms. The Bertz CT molecular complexity index is 3600. The van der Waals surface area contributed by atoms with Crippen molar-refractivity contribution in [2.24, 2.45) is 11.7 Å². The van der Waals surface area contributed by atoms with E-state index >= 15 is 0 Å². The minimum absolute atomic E-state index is 0.130. The van der Waals surface area contributed by atoms with Crippen molar-refractivity contribution in [3.8, 4) is 17.2 Å². The van der Waals surface area contributed by atoms with Gasteiger partial charge in [-0.05, 0) is 70.6 Å². The molecule has 508 valence electrons. The van der Waals surface area contributed by atoms with E-state index in [1.165, 1.54) is 85.9 Å². The predicted molar refractivity (Wildman–Crippen MR) is 332 cm³/mol. The third-order valence-electron chi connectivity index (χ3n) is 14.7. The molecule has 0 radical (unpaired) electrons. The number of hydrogen-bond donors (Lipinski definition) is 19. The van der Waals surface area contributed by atoms with Crippen LogP contribution in [0.3, 0.4) is 0 Å². The third kappa shape index (κ3) is 24.2. The van der Waals surface area contributed by atoms with Crippen LogP contribution in [0.25, 0.3) is 10.9 Å². The first kappa shape index (κ1) is 74.1.